The maximum atomic E-state index is 2.35. The average Bonchev–Trinajstić information content (AvgIpc) is 2.54. The number of rotatable bonds is 3. The van der Waals surface area contributed by atoms with Crippen LogP contribution in [0, 0.1) is 6.92 Å². The number of hydrogen-bond donors (Lipinski definition) is 0. The second-order valence-electron chi connectivity index (χ2n) is 6.25. The SMILES string of the molecule is CCC(C)c1ccc2c(-c3ccccc3C)[n+](C)ccc2c1. The van der Waals surface area contributed by atoms with Crippen LogP contribution in [0.4, 0.5) is 0 Å². The first-order valence-corrected chi connectivity index (χ1v) is 8.10. The smallest absolute Gasteiger partial charge is 0.200 e. The highest BCUT2D eigenvalue weighted by atomic mass is 14.9. The summed E-state index contributed by atoms with van der Waals surface area (Å²) in [6.45, 7) is 6.73. The fourth-order valence-electron chi connectivity index (χ4n) is 3.11. The van der Waals surface area contributed by atoms with Gasteiger partial charge in [-0.3, -0.25) is 0 Å². The van der Waals surface area contributed by atoms with Crippen molar-refractivity contribution in [2.75, 3.05) is 0 Å². The van der Waals surface area contributed by atoms with Gasteiger partial charge in [0.25, 0.3) is 0 Å². The fraction of sp³-hybridized carbons (Fsp3) is 0.286. The zero-order chi connectivity index (χ0) is 15.7. The zero-order valence-corrected chi connectivity index (χ0v) is 13.9. The number of aromatic nitrogens is 1. The molecule has 0 radical (unpaired) electrons. The number of fused-ring (bicyclic) bond motifs is 1. The molecule has 0 N–H and O–H groups in total. The summed E-state index contributed by atoms with van der Waals surface area (Å²) < 4.78 is 2.23. The van der Waals surface area contributed by atoms with Gasteiger partial charge in [-0.2, -0.15) is 0 Å². The molecule has 3 rings (SSSR count). The van der Waals surface area contributed by atoms with Crippen molar-refractivity contribution in [1.82, 2.24) is 0 Å². The fourth-order valence-corrected chi connectivity index (χ4v) is 3.11. The number of nitrogens with zero attached hydrogens (tertiary/aromatic N) is 1. The molecule has 0 saturated carbocycles. The highest BCUT2D eigenvalue weighted by molar-refractivity contribution is 5.94. The summed E-state index contributed by atoms with van der Waals surface area (Å²) in [6.07, 6.45) is 3.35. The maximum absolute atomic E-state index is 2.35. The summed E-state index contributed by atoms with van der Waals surface area (Å²) in [5.74, 6) is 0.611. The molecule has 0 aliphatic heterocycles. The molecule has 0 aliphatic carbocycles. The third-order valence-corrected chi connectivity index (χ3v) is 4.74. The lowest BCUT2D eigenvalue weighted by atomic mass is 9.94. The molecule has 112 valence electrons. The van der Waals surface area contributed by atoms with Gasteiger partial charge in [-0.25, -0.2) is 4.57 Å². The van der Waals surface area contributed by atoms with Crippen LogP contribution in [0.5, 0.6) is 0 Å². The first-order chi connectivity index (χ1) is 10.6. The normalized spacial score (nSPS) is 12.5. The van der Waals surface area contributed by atoms with Gasteiger partial charge in [0.1, 0.15) is 7.05 Å². The molecule has 1 aromatic heterocycles. The summed E-state index contributed by atoms with van der Waals surface area (Å²) in [5, 5.41) is 2.65. The van der Waals surface area contributed by atoms with Gasteiger partial charge in [0.2, 0.25) is 5.69 Å². The van der Waals surface area contributed by atoms with Gasteiger partial charge in [-0.05, 0) is 47.9 Å². The van der Waals surface area contributed by atoms with Crippen molar-refractivity contribution >= 4 is 10.8 Å². The van der Waals surface area contributed by atoms with E-state index in [2.05, 4.69) is 87.1 Å². The van der Waals surface area contributed by atoms with Gasteiger partial charge < -0.3 is 0 Å². The van der Waals surface area contributed by atoms with Crippen molar-refractivity contribution in [3.05, 3.63) is 65.9 Å². The Morgan fingerprint density at radius 3 is 2.55 bits per heavy atom. The topological polar surface area (TPSA) is 3.88 Å². The molecular formula is C21H24N+. The van der Waals surface area contributed by atoms with Crippen LogP contribution in [-0.4, -0.2) is 0 Å². The first kappa shape index (κ1) is 14.8. The van der Waals surface area contributed by atoms with Gasteiger partial charge >= 0.3 is 0 Å². The van der Waals surface area contributed by atoms with E-state index >= 15 is 0 Å². The Kier molecular flexibility index (Phi) is 3.98. The van der Waals surface area contributed by atoms with Crippen molar-refractivity contribution in [1.29, 1.82) is 0 Å². The Morgan fingerprint density at radius 1 is 1.05 bits per heavy atom. The van der Waals surface area contributed by atoms with E-state index in [0.29, 0.717) is 5.92 Å². The summed E-state index contributed by atoms with van der Waals surface area (Å²) in [4.78, 5) is 0. The van der Waals surface area contributed by atoms with Crippen LogP contribution in [0.3, 0.4) is 0 Å². The molecule has 0 bridgehead atoms. The molecule has 0 aliphatic rings. The van der Waals surface area contributed by atoms with Crippen LogP contribution < -0.4 is 4.57 Å². The molecule has 1 heteroatoms. The Morgan fingerprint density at radius 2 is 1.82 bits per heavy atom. The molecule has 22 heavy (non-hydrogen) atoms. The molecule has 1 heterocycles. The van der Waals surface area contributed by atoms with Gasteiger partial charge in [0.05, 0.1) is 5.39 Å². The van der Waals surface area contributed by atoms with Crippen LogP contribution in [0.2, 0.25) is 0 Å². The van der Waals surface area contributed by atoms with Crippen molar-refractivity contribution < 1.29 is 4.57 Å². The molecule has 1 unspecified atom stereocenters. The quantitative estimate of drug-likeness (QED) is 0.587. The van der Waals surface area contributed by atoms with Crippen molar-refractivity contribution in [3.8, 4) is 11.3 Å². The Labute approximate surface area is 133 Å². The highest BCUT2D eigenvalue weighted by Gasteiger charge is 2.17. The molecule has 2 aromatic carbocycles. The Balaban J connectivity index is 2.26. The van der Waals surface area contributed by atoms with E-state index < -0.39 is 0 Å². The predicted molar refractivity (Wildman–Crippen MR) is 94.0 cm³/mol. The summed E-state index contributed by atoms with van der Waals surface area (Å²) in [7, 11) is 2.13. The van der Waals surface area contributed by atoms with Gasteiger partial charge in [-0.15, -0.1) is 0 Å². The van der Waals surface area contributed by atoms with Gasteiger partial charge in [-0.1, -0.05) is 44.2 Å². The van der Waals surface area contributed by atoms with E-state index in [1.165, 1.54) is 39.6 Å². The molecule has 3 aromatic rings. The van der Waals surface area contributed by atoms with E-state index in [4.69, 9.17) is 0 Å². The van der Waals surface area contributed by atoms with Crippen LogP contribution in [0.1, 0.15) is 37.3 Å². The van der Waals surface area contributed by atoms with Crippen molar-refractivity contribution in [2.45, 2.75) is 33.1 Å². The average molecular weight is 290 g/mol. The van der Waals surface area contributed by atoms with Crippen LogP contribution in [-0.2, 0) is 7.05 Å². The largest absolute Gasteiger partial charge is 0.220 e. The maximum Gasteiger partial charge on any atom is 0.220 e. The minimum Gasteiger partial charge on any atom is -0.200 e. The molecule has 0 spiro atoms. The third kappa shape index (κ3) is 2.52. The summed E-state index contributed by atoms with van der Waals surface area (Å²) >= 11 is 0. The van der Waals surface area contributed by atoms with E-state index in [-0.39, 0.29) is 0 Å². The van der Waals surface area contributed by atoms with Gasteiger partial charge in [0, 0.05) is 11.6 Å². The van der Waals surface area contributed by atoms with Crippen LogP contribution in [0.15, 0.2) is 54.7 Å². The van der Waals surface area contributed by atoms with Crippen LogP contribution >= 0.6 is 0 Å². The second-order valence-corrected chi connectivity index (χ2v) is 6.25. The number of aryl methyl sites for hydroxylation is 2. The van der Waals surface area contributed by atoms with Crippen molar-refractivity contribution in [3.63, 3.8) is 0 Å². The van der Waals surface area contributed by atoms with E-state index in [9.17, 15) is 0 Å². The van der Waals surface area contributed by atoms with Crippen LogP contribution in [0.25, 0.3) is 22.0 Å². The predicted octanol–water partition coefficient (Wildman–Crippen LogP) is 5.15. The number of pyridine rings is 1. The lowest BCUT2D eigenvalue weighted by molar-refractivity contribution is -0.659. The monoisotopic (exact) mass is 290 g/mol. The number of benzene rings is 2. The Bertz CT molecular complexity index is 817. The minimum absolute atomic E-state index is 0.611. The van der Waals surface area contributed by atoms with E-state index in [0.717, 1.165) is 0 Å². The lowest BCUT2D eigenvalue weighted by Gasteiger charge is -2.12. The summed E-state index contributed by atoms with van der Waals surface area (Å²) in [6, 6.07) is 17.8. The first-order valence-electron chi connectivity index (χ1n) is 8.10. The van der Waals surface area contributed by atoms with Gasteiger partial charge in [0.15, 0.2) is 6.20 Å². The number of hydrogen-bond acceptors (Lipinski definition) is 0. The second kappa shape index (κ2) is 5.92. The van der Waals surface area contributed by atoms with Crippen molar-refractivity contribution in [2.24, 2.45) is 7.05 Å². The zero-order valence-electron chi connectivity index (χ0n) is 13.9. The van der Waals surface area contributed by atoms with E-state index in [1.54, 1.807) is 0 Å². The molecular weight excluding hydrogens is 266 g/mol. The standard InChI is InChI=1S/C21H24N/c1-5-15(2)17-10-11-20-18(14-17)12-13-22(4)21(20)19-9-7-6-8-16(19)3/h6-15H,5H2,1-4H3/q+1. The minimum atomic E-state index is 0.611. The molecule has 0 fully saturated rings. The Hall–Kier alpha value is -2.15. The molecule has 0 amide bonds. The summed E-state index contributed by atoms with van der Waals surface area (Å²) in [5.41, 5.74) is 5.36. The molecule has 1 atom stereocenters. The lowest BCUT2D eigenvalue weighted by Crippen LogP contribution is -2.30. The van der Waals surface area contributed by atoms with E-state index in [1.807, 2.05) is 0 Å². The molecule has 1 nitrogen and oxygen atoms in total. The highest BCUT2D eigenvalue weighted by Crippen LogP contribution is 2.30. The third-order valence-electron chi connectivity index (χ3n) is 4.74. The molecule has 0 saturated heterocycles.